The van der Waals surface area contributed by atoms with Crippen molar-refractivity contribution >= 4 is 52.4 Å². The Morgan fingerprint density at radius 1 is 0.758 bits per heavy atom. The lowest BCUT2D eigenvalue weighted by atomic mass is 9.91. The largest absolute Gasteiger partial charge is 0.507 e. The molecule has 2 bridgehead atoms. The predicted octanol–water partition coefficient (Wildman–Crippen LogP) is 3.77. The second kappa shape index (κ2) is 17.6. The predicted molar refractivity (Wildman–Crippen MR) is 247 cm³/mol. The van der Waals surface area contributed by atoms with E-state index in [1.54, 1.807) is 24.3 Å². The molecule has 5 N–H and O–H groups in total. The summed E-state index contributed by atoms with van der Waals surface area (Å²) >= 11 is 0. The Morgan fingerprint density at radius 2 is 1.47 bits per heavy atom. The lowest BCUT2D eigenvalue weighted by Gasteiger charge is -2.44. The fourth-order valence-corrected chi connectivity index (χ4v) is 11.2. The number of phenolic OH excluding ortho intramolecular Hbond substituents is 1. The fourth-order valence-electron chi connectivity index (χ4n) is 11.2. The number of nitrogens with one attached hydrogen (secondary N) is 1. The summed E-state index contributed by atoms with van der Waals surface area (Å²) in [7, 11) is 0. The van der Waals surface area contributed by atoms with Crippen molar-refractivity contribution in [1.29, 1.82) is 0 Å². The molecule has 0 aliphatic carbocycles. The number of piperazine rings is 2. The highest BCUT2D eigenvalue weighted by molar-refractivity contribution is 6.22. The summed E-state index contributed by atoms with van der Waals surface area (Å²) in [5.74, 6) is -0.249. The van der Waals surface area contributed by atoms with E-state index in [4.69, 9.17) is 5.73 Å². The van der Waals surface area contributed by atoms with Gasteiger partial charge in [0.05, 0.1) is 28.6 Å². The molecule has 1 aromatic heterocycles. The molecule has 4 unspecified atom stereocenters. The number of piperidine rings is 2. The molecular formula is C49H56N10O7. The Labute approximate surface area is 383 Å². The van der Waals surface area contributed by atoms with Crippen LogP contribution in [0.15, 0.2) is 66.7 Å². The fraction of sp³-hybridized carbons (Fsp3) is 0.449. The normalized spacial score (nSPS) is 23.4. The Bertz CT molecular complexity index is 2580. The lowest BCUT2D eigenvalue weighted by molar-refractivity contribution is -0.133. The van der Waals surface area contributed by atoms with Crippen LogP contribution in [0, 0.1) is 12.8 Å². The molecular weight excluding hydrogens is 841 g/mol. The molecule has 0 spiro atoms. The van der Waals surface area contributed by atoms with Crippen LogP contribution in [-0.4, -0.2) is 141 Å². The number of rotatable bonds is 9. The van der Waals surface area contributed by atoms with Crippen molar-refractivity contribution in [3.63, 3.8) is 0 Å². The van der Waals surface area contributed by atoms with E-state index in [0.29, 0.717) is 72.3 Å². The number of para-hydroxylation sites is 1. The van der Waals surface area contributed by atoms with Crippen molar-refractivity contribution in [2.24, 2.45) is 5.92 Å². The van der Waals surface area contributed by atoms with Crippen molar-refractivity contribution in [1.82, 2.24) is 30.2 Å². The first-order chi connectivity index (χ1) is 31.9. The van der Waals surface area contributed by atoms with E-state index < -0.39 is 24.1 Å². The molecule has 66 heavy (non-hydrogen) atoms. The quantitative estimate of drug-likeness (QED) is 0.177. The number of aromatic hydroxyl groups is 1. The Balaban J connectivity index is 0.701. The number of aliphatic hydroxyl groups excluding tert-OH is 1. The minimum atomic E-state index is -1.30. The first kappa shape index (κ1) is 43.2. The van der Waals surface area contributed by atoms with Crippen LogP contribution in [0.25, 0.3) is 11.3 Å². The average Bonchev–Trinajstić information content (AvgIpc) is 3.73. The number of nitrogens with two attached hydrogens (primary N) is 1. The maximum absolute atomic E-state index is 14.1. The van der Waals surface area contributed by atoms with E-state index in [2.05, 4.69) is 36.3 Å². The van der Waals surface area contributed by atoms with Gasteiger partial charge in [0.2, 0.25) is 11.8 Å². The topological polar surface area (TPSA) is 209 Å². The molecule has 5 fully saturated rings. The van der Waals surface area contributed by atoms with Crippen molar-refractivity contribution in [3.05, 3.63) is 89.0 Å². The number of fused-ring (bicyclic) bond motifs is 3. The van der Waals surface area contributed by atoms with E-state index in [1.807, 2.05) is 53.1 Å². The molecule has 10 rings (SSSR count). The second-order valence-electron chi connectivity index (χ2n) is 18.6. The summed E-state index contributed by atoms with van der Waals surface area (Å²) in [6, 6.07) is 19.9. The molecule has 5 amide bonds. The van der Waals surface area contributed by atoms with Gasteiger partial charge in [0.25, 0.3) is 17.7 Å². The van der Waals surface area contributed by atoms with Gasteiger partial charge in [-0.3, -0.25) is 28.9 Å². The Hall–Kier alpha value is -6.75. The van der Waals surface area contributed by atoms with Gasteiger partial charge in [-0.25, -0.2) is 0 Å². The highest BCUT2D eigenvalue weighted by atomic mass is 16.3. The highest BCUT2D eigenvalue weighted by Gasteiger charge is 2.45. The molecule has 4 aromatic rings. The zero-order chi connectivity index (χ0) is 45.8. The molecule has 3 aromatic carbocycles. The van der Waals surface area contributed by atoms with Crippen molar-refractivity contribution in [3.8, 4) is 17.0 Å². The van der Waals surface area contributed by atoms with Gasteiger partial charge >= 0.3 is 0 Å². The van der Waals surface area contributed by atoms with Gasteiger partial charge in [0.15, 0.2) is 5.82 Å². The Morgan fingerprint density at radius 3 is 2.20 bits per heavy atom. The number of nitrogen functional groups attached to an aromatic ring is 1. The molecule has 4 atom stereocenters. The van der Waals surface area contributed by atoms with E-state index in [0.717, 1.165) is 85.8 Å². The number of hydrogen-bond donors (Lipinski definition) is 4. The minimum absolute atomic E-state index is 0.0128. The maximum Gasteiger partial charge on any atom is 0.262 e. The molecule has 344 valence electrons. The number of carbonyl (C=O) groups is 5. The van der Waals surface area contributed by atoms with E-state index in [9.17, 15) is 34.2 Å². The smallest absolute Gasteiger partial charge is 0.262 e. The third-order valence-electron chi connectivity index (χ3n) is 14.9. The molecule has 6 aliphatic heterocycles. The molecule has 6 aliphatic rings. The molecule has 0 radical (unpaired) electrons. The van der Waals surface area contributed by atoms with E-state index >= 15 is 0 Å². The van der Waals surface area contributed by atoms with Crippen molar-refractivity contribution in [2.75, 3.05) is 72.8 Å². The number of phenols is 1. The van der Waals surface area contributed by atoms with Gasteiger partial charge in [-0.2, -0.15) is 0 Å². The van der Waals surface area contributed by atoms with Gasteiger partial charge in [-0.05, 0) is 105 Å². The first-order valence-corrected chi connectivity index (χ1v) is 23.3. The third kappa shape index (κ3) is 7.92. The van der Waals surface area contributed by atoms with Gasteiger partial charge < -0.3 is 45.8 Å². The number of nitrogens with zero attached hydrogens (tertiary/aromatic N) is 8. The monoisotopic (exact) mass is 896 g/mol. The summed E-state index contributed by atoms with van der Waals surface area (Å²) in [5.41, 5.74) is 12.6. The van der Waals surface area contributed by atoms with Gasteiger partial charge in [-0.1, -0.05) is 18.2 Å². The van der Waals surface area contributed by atoms with Crippen LogP contribution in [0.5, 0.6) is 5.75 Å². The van der Waals surface area contributed by atoms with Gasteiger partial charge in [0, 0.05) is 99.8 Å². The zero-order valence-electron chi connectivity index (χ0n) is 37.1. The molecule has 5 saturated heterocycles. The highest BCUT2D eigenvalue weighted by Crippen LogP contribution is 2.41. The minimum Gasteiger partial charge on any atom is -0.507 e. The number of aromatic nitrogens is 2. The van der Waals surface area contributed by atoms with Crippen LogP contribution >= 0.6 is 0 Å². The van der Waals surface area contributed by atoms with E-state index in [-0.39, 0.29) is 48.4 Å². The molecule has 0 saturated carbocycles. The van der Waals surface area contributed by atoms with Gasteiger partial charge in [0.1, 0.15) is 12.0 Å². The van der Waals surface area contributed by atoms with Crippen LogP contribution in [0.1, 0.15) is 88.0 Å². The number of benzene rings is 3. The van der Waals surface area contributed by atoms with Gasteiger partial charge in [-0.15, -0.1) is 10.2 Å². The maximum atomic E-state index is 14.1. The van der Waals surface area contributed by atoms with E-state index in [1.165, 1.54) is 0 Å². The Kier molecular flexibility index (Phi) is 11.5. The number of aliphatic hydroxyl groups is 1. The summed E-state index contributed by atoms with van der Waals surface area (Å²) in [6.07, 6.45) is 4.11. The van der Waals surface area contributed by atoms with Crippen LogP contribution < -0.4 is 25.8 Å². The summed E-state index contributed by atoms with van der Waals surface area (Å²) < 4.78 is 0. The number of anilines is 4. The van der Waals surface area contributed by atoms with Crippen LogP contribution in [-0.2, 0) is 9.59 Å². The first-order valence-electron chi connectivity index (χ1n) is 23.3. The standard InChI is InChI=1S/C49H56N10O7/c1-29-34(6-4-7-39(29)58-32-10-11-33(58)28-57(27-32)41-26-38(52-53-45(41)50)36-5-2-3-8-42(36)60)47(64)56-23-21-55(22-24-56)44(62)16-9-30-17-19-54(20-18-30)31-12-13-35-37(25-31)49(66)59(48(35)65)40-14-15-43(61)51-46(40)63/h2-8,12-13,25-26,30,32-33,40,46,60,63H,9-11,14-24,27-28H2,1H3,(H2,50,53)(H,51,61). The summed E-state index contributed by atoms with van der Waals surface area (Å²) in [5, 5.41) is 31.8. The number of amides is 5. The second-order valence-corrected chi connectivity index (χ2v) is 18.6. The molecule has 7 heterocycles. The van der Waals surface area contributed by atoms with Crippen molar-refractivity contribution in [2.45, 2.75) is 82.6 Å². The average molecular weight is 897 g/mol. The number of imide groups is 1. The van der Waals surface area contributed by atoms with Crippen LogP contribution in [0.2, 0.25) is 0 Å². The molecule has 17 nitrogen and oxygen atoms in total. The lowest BCUT2D eigenvalue weighted by Crippen LogP contribution is -2.57. The number of carbonyl (C=O) groups excluding carboxylic acids is 5. The molecule has 17 heteroatoms. The SMILES string of the molecule is Cc1c(C(=O)N2CCN(C(=O)CCC3CCN(c4ccc5c(c4)C(=O)N(C4CCC(=O)NC4O)C5=O)CC3)CC2)cccc1N1C2CCC1CN(c1cc(-c3ccccc3O)nnc1N)C2. The van der Waals surface area contributed by atoms with Crippen LogP contribution in [0.3, 0.4) is 0 Å². The van der Waals surface area contributed by atoms with Crippen LogP contribution in [0.4, 0.5) is 22.9 Å². The summed E-state index contributed by atoms with van der Waals surface area (Å²) in [6.45, 7) is 6.98. The zero-order valence-corrected chi connectivity index (χ0v) is 37.1. The number of hydrogen-bond acceptors (Lipinski definition) is 13. The van der Waals surface area contributed by atoms with Crippen molar-refractivity contribution < 1.29 is 34.2 Å². The third-order valence-corrected chi connectivity index (χ3v) is 14.9. The summed E-state index contributed by atoms with van der Waals surface area (Å²) in [4.78, 5) is 77.7.